The number of hydrogen-bond donors (Lipinski definition) is 1. The maximum atomic E-state index is 12.9. The molecule has 1 fully saturated rings. The summed E-state index contributed by atoms with van der Waals surface area (Å²) in [5, 5.41) is 3.51. The van der Waals surface area contributed by atoms with Gasteiger partial charge in [-0.3, -0.25) is 14.6 Å². The van der Waals surface area contributed by atoms with Crippen LogP contribution < -0.4 is 10.1 Å². The Kier molecular flexibility index (Phi) is 8.17. The Bertz CT molecular complexity index is 1170. The smallest absolute Gasteiger partial charge is 0.341 e. The first kappa shape index (κ1) is 24.9. The molecule has 1 aliphatic heterocycles. The largest absolute Gasteiger partial charge is 0.497 e. The van der Waals surface area contributed by atoms with Crippen molar-refractivity contribution in [3.05, 3.63) is 70.6 Å². The lowest BCUT2D eigenvalue weighted by atomic mass is 10.0. The first-order valence-corrected chi connectivity index (χ1v) is 12.4. The van der Waals surface area contributed by atoms with Gasteiger partial charge in [-0.2, -0.15) is 0 Å². The van der Waals surface area contributed by atoms with Crippen molar-refractivity contribution in [2.24, 2.45) is 0 Å². The van der Waals surface area contributed by atoms with Crippen molar-refractivity contribution in [2.45, 2.75) is 13.5 Å². The van der Waals surface area contributed by atoms with Crippen LogP contribution in [0.3, 0.4) is 0 Å². The van der Waals surface area contributed by atoms with Crippen molar-refractivity contribution in [1.29, 1.82) is 0 Å². The minimum absolute atomic E-state index is 0.128. The highest BCUT2D eigenvalue weighted by atomic mass is 32.1. The van der Waals surface area contributed by atoms with Crippen molar-refractivity contribution in [3.8, 4) is 16.9 Å². The number of methoxy groups -OCH3 is 2. The van der Waals surface area contributed by atoms with Crippen LogP contribution >= 0.6 is 11.3 Å². The molecular formula is C27H31N3O4S. The Labute approximate surface area is 210 Å². The van der Waals surface area contributed by atoms with Gasteiger partial charge in [0, 0.05) is 43.2 Å². The zero-order chi connectivity index (χ0) is 24.8. The topological polar surface area (TPSA) is 71.1 Å². The number of aryl methyl sites for hydroxylation is 1. The summed E-state index contributed by atoms with van der Waals surface area (Å²) in [7, 11) is 3.04. The molecule has 4 rings (SSSR count). The van der Waals surface area contributed by atoms with Gasteiger partial charge in [-0.1, -0.05) is 42.5 Å². The fraction of sp³-hybridized carbons (Fsp3) is 0.333. The van der Waals surface area contributed by atoms with E-state index in [9.17, 15) is 9.59 Å². The van der Waals surface area contributed by atoms with Gasteiger partial charge < -0.3 is 14.8 Å². The Hall–Kier alpha value is -3.20. The van der Waals surface area contributed by atoms with E-state index in [1.165, 1.54) is 24.0 Å². The summed E-state index contributed by atoms with van der Waals surface area (Å²) in [5.74, 6) is 0.287. The summed E-state index contributed by atoms with van der Waals surface area (Å²) in [6, 6.07) is 17.8. The van der Waals surface area contributed by atoms with Gasteiger partial charge >= 0.3 is 5.97 Å². The lowest BCUT2D eigenvalue weighted by Gasteiger charge is -2.34. The summed E-state index contributed by atoms with van der Waals surface area (Å²) in [6.07, 6.45) is 0. The molecule has 0 unspecified atom stereocenters. The van der Waals surface area contributed by atoms with Crippen LogP contribution in [0.15, 0.2) is 54.6 Å². The second-order valence-corrected chi connectivity index (χ2v) is 9.77. The number of carbonyl (C=O) groups excluding carboxylic acids is 2. The molecule has 1 saturated heterocycles. The highest BCUT2D eigenvalue weighted by Crippen LogP contribution is 2.40. The third kappa shape index (κ3) is 6.08. The third-order valence-electron chi connectivity index (χ3n) is 6.16. The quantitative estimate of drug-likeness (QED) is 0.473. The summed E-state index contributed by atoms with van der Waals surface area (Å²) in [6.45, 7) is 6.47. The average Bonchev–Trinajstić information content (AvgIpc) is 3.20. The van der Waals surface area contributed by atoms with E-state index in [-0.39, 0.29) is 12.5 Å². The second-order valence-electron chi connectivity index (χ2n) is 8.55. The molecule has 0 atom stereocenters. The highest BCUT2D eigenvalue weighted by Gasteiger charge is 2.26. The number of amides is 1. The molecule has 3 aromatic rings. The van der Waals surface area contributed by atoms with E-state index < -0.39 is 5.97 Å². The monoisotopic (exact) mass is 493 g/mol. The SMILES string of the molecule is COC(=O)c1c(NC(=O)CN2CCN(Cc3cccc(OC)c3)CC2)sc(C)c1-c1ccccc1. The molecule has 7 nitrogen and oxygen atoms in total. The molecule has 35 heavy (non-hydrogen) atoms. The Morgan fingerprint density at radius 2 is 1.69 bits per heavy atom. The normalized spacial score (nSPS) is 14.5. The summed E-state index contributed by atoms with van der Waals surface area (Å²) in [5.41, 5.74) is 3.36. The van der Waals surface area contributed by atoms with Crippen LogP contribution in [0.2, 0.25) is 0 Å². The van der Waals surface area contributed by atoms with Crippen LogP contribution in [-0.2, 0) is 16.1 Å². The molecular weight excluding hydrogens is 462 g/mol. The molecule has 1 amide bonds. The fourth-order valence-electron chi connectivity index (χ4n) is 4.39. The number of carbonyl (C=O) groups is 2. The first-order valence-electron chi connectivity index (χ1n) is 11.6. The zero-order valence-corrected chi connectivity index (χ0v) is 21.2. The van der Waals surface area contributed by atoms with Crippen LogP contribution in [0, 0.1) is 6.92 Å². The average molecular weight is 494 g/mol. The van der Waals surface area contributed by atoms with Crippen LogP contribution in [0.5, 0.6) is 5.75 Å². The maximum absolute atomic E-state index is 12.9. The number of nitrogens with zero attached hydrogens (tertiary/aromatic N) is 2. The highest BCUT2D eigenvalue weighted by molar-refractivity contribution is 7.17. The van der Waals surface area contributed by atoms with Crippen LogP contribution in [0.25, 0.3) is 11.1 Å². The standard InChI is InChI=1S/C27H31N3O4S/c1-19-24(21-9-5-4-6-10-21)25(27(32)34-3)26(35-19)28-23(31)18-30-14-12-29(13-15-30)17-20-8-7-11-22(16-20)33-2/h4-11,16H,12-15,17-18H2,1-3H3,(H,28,31). The summed E-state index contributed by atoms with van der Waals surface area (Å²) in [4.78, 5) is 31.1. The van der Waals surface area contributed by atoms with Crippen molar-refractivity contribution in [3.63, 3.8) is 0 Å². The summed E-state index contributed by atoms with van der Waals surface area (Å²) >= 11 is 1.40. The predicted octanol–water partition coefficient (Wildman–Crippen LogP) is 4.28. The van der Waals surface area contributed by atoms with E-state index in [1.54, 1.807) is 7.11 Å². The second kappa shape index (κ2) is 11.5. The van der Waals surface area contributed by atoms with Gasteiger partial charge in [-0.15, -0.1) is 11.3 Å². The molecule has 0 saturated carbocycles. The van der Waals surface area contributed by atoms with Crippen molar-refractivity contribution in [1.82, 2.24) is 9.80 Å². The van der Waals surface area contributed by atoms with Crippen molar-refractivity contribution in [2.75, 3.05) is 52.3 Å². The van der Waals surface area contributed by atoms with Crippen molar-refractivity contribution >= 4 is 28.2 Å². The molecule has 1 aromatic heterocycles. The van der Waals surface area contributed by atoms with E-state index in [0.29, 0.717) is 10.6 Å². The Morgan fingerprint density at radius 1 is 0.971 bits per heavy atom. The molecule has 0 radical (unpaired) electrons. The lowest BCUT2D eigenvalue weighted by molar-refractivity contribution is -0.117. The molecule has 0 bridgehead atoms. The number of ether oxygens (including phenoxy) is 2. The molecule has 0 aliphatic carbocycles. The molecule has 2 heterocycles. The third-order valence-corrected chi connectivity index (χ3v) is 7.18. The fourth-order valence-corrected chi connectivity index (χ4v) is 5.47. The number of rotatable bonds is 8. The first-order chi connectivity index (χ1) is 17.0. The number of hydrogen-bond acceptors (Lipinski definition) is 7. The van der Waals surface area contributed by atoms with E-state index >= 15 is 0 Å². The molecule has 1 N–H and O–H groups in total. The minimum Gasteiger partial charge on any atom is -0.497 e. The van der Waals surface area contributed by atoms with Gasteiger partial charge in [-0.05, 0) is 30.2 Å². The van der Waals surface area contributed by atoms with Crippen LogP contribution in [-0.4, -0.2) is 68.6 Å². The lowest BCUT2D eigenvalue weighted by Crippen LogP contribution is -2.48. The van der Waals surface area contributed by atoms with Crippen LogP contribution in [0.4, 0.5) is 5.00 Å². The summed E-state index contributed by atoms with van der Waals surface area (Å²) < 4.78 is 10.4. The van der Waals surface area contributed by atoms with Crippen molar-refractivity contribution < 1.29 is 19.1 Å². The van der Waals surface area contributed by atoms with E-state index in [0.717, 1.165) is 54.5 Å². The maximum Gasteiger partial charge on any atom is 0.341 e. The van der Waals surface area contributed by atoms with Gasteiger partial charge in [-0.25, -0.2) is 4.79 Å². The zero-order valence-electron chi connectivity index (χ0n) is 20.4. The van der Waals surface area contributed by atoms with Gasteiger partial charge in [0.05, 0.1) is 20.8 Å². The number of benzene rings is 2. The number of esters is 1. The van der Waals surface area contributed by atoms with E-state index in [4.69, 9.17) is 9.47 Å². The number of anilines is 1. The van der Waals surface area contributed by atoms with E-state index in [1.807, 2.05) is 49.4 Å². The Balaban J connectivity index is 1.37. The Morgan fingerprint density at radius 3 is 2.37 bits per heavy atom. The molecule has 184 valence electrons. The van der Waals surface area contributed by atoms with Gasteiger partial charge in [0.15, 0.2) is 0 Å². The number of thiophene rings is 1. The number of nitrogens with one attached hydrogen (secondary N) is 1. The van der Waals surface area contributed by atoms with Gasteiger partial charge in [0.1, 0.15) is 16.3 Å². The molecule has 1 aliphatic rings. The minimum atomic E-state index is -0.449. The molecule has 0 spiro atoms. The number of piperazine rings is 1. The van der Waals surface area contributed by atoms with Crippen LogP contribution in [0.1, 0.15) is 20.8 Å². The van der Waals surface area contributed by atoms with Gasteiger partial charge in [0.2, 0.25) is 5.91 Å². The van der Waals surface area contributed by atoms with E-state index in [2.05, 4.69) is 27.2 Å². The molecule has 2 aromatic carbocycles. The predicted molar refractivity (Wildman–Crippen MR) is 139 cm³/mol. The van der Waals surface area contributed by atoms with Gasteiger partial charge in [0.25, 0.3) is 0 Å². The molecule has 8 heteroatoms.